The van der Waals surface area contributed by atoms with Crippen molar-refractivity contribution in [1.82, 2.24) is 4.90 Å². The van der Waals surface area contributed by atoms with Crippen molar-refractivity contribution in [3.8, 4) is 0 Å². The SMILES string of the molecule is CSCCC(CO)N1CC(CBr)CC1=O. The minimum Gasteiger partial charge on any atom is -0.394 e. The Labute approximate surface area is 104 Å². The van der Waals surface area contributed by atoms with Crippen molar-refractivity contribution in [2.24, 2.45) is 5.92 Å². The van der Waals surface area contributed by atoms with Crippen LogP contribution < -0.4 is 0 Å². The van der Waals surface area contributed by atoms with Gasteiger partial charge in [0.05, 0.1) is 12.6 Å². The number of rotatable bonds is 6. The number of halogens is 1. The zero-order valence-corrected chi connectivity index (χ0v) is 11.4. The van der Waals surface area contributed by atoms with E-state index in [9.17, 15) is 9.90 Å². The van der Waals surface area contributed by atoms with Gasteiger partial charge >= 0.3 is 0 Å². The number of aliphatic hydroxyl groups is 1. The average Bonchev–Trinajstić information content (AvgIpc) is 2.61. The van der Waals surface area contributed by atoms with E-state index < -0.39 is 0 Å². The number of hydrogen-bond donors (Lipinski definition) is 1. The zero-order chi connectivity index (χ0) is 11.3. The Morgan fingerprint density at radius 3 is 2.93 bits per heavy atom. The Morgan fingerprint density at radius 2 is 2.47 bits per heavy atom. The Bertz CT molecular complexity index is 216. The van der Waals surface area contributed by atoms with E-state index in [-0.39, 0.29) is 18.6 Å². The third kappa shape index (κ3) is 3.64. The molecule has 3 nitrogen and oxygen atoms in total. The number of carbonyl (C=O) groups is 1. The normalized spacial score (nSPS) is 23.5. The molecule has 15 heavy (non-hydrogen) atoms. The van der Waals surface area contributed by atoms with E-state index in [1.165, 1.54) is 0 Å². The minimum atomic E-state index is 0.0222. The Balaban J connectivity index is 2.49. The second-order valence-corrected chi connectivity index (χ2v) is 5.52. The Morgan fingerprint density at radius 1 is 1.73 bits per heavy atom. The lowest BCUT2D eigenvalue weighted by Gasteiger charge is -2.26. The number of carbonyl (C=O) groups excluding carboxylic acids is 1. The molecule has 5 heteroatoms. The van der Waals surface area contributed by atoms with Gasteiger partial charge in [0.25, 0.3) is 0 Å². The number of alkyl halides is 1. The van der Waals surface area contributed by atoms with Crippen LogP contribution in [-0.4, -0.2) is 52.4 Å². The van der Waals surface area contributed by atoms with Crippen LogP contribution in [0.1, 0.15) is 12.8 Å². The summed E-state index contributed by atoms with van der Waals surface area (Å²) in [4.78, 5) is 13.5. The first-order chi connectivity index (χ1) is 7.22. The molecule has 0 spiro atoms. The van der Waals surface area contributed by atoms with Crippen LogP contribution in [0.4, 0.5) is 0 Å². The van der Waals surface area contributed by atoms with Gasteiger partial charge in [-0.05, 0) is 24.3 Å². The molecule has 0 saturated carbocycles. The van der Waals surface area contributed by atoms with E-state index in [2.05, 4.69) is 15.9 Å². The standard InChI is InChI=1S/C10H18BrNO2S/c1-15-3-2-9(7-13)12-6-8(5-11)4-10(12)14/h8-9,13H,2-7H2,1H3. The summed E-state index contributed by atoms with van der Waals surface area (Å²) in [5.41, 5.74) is 0. The van der Waals surface area contributed by atoms with Gasteiger partial charge in [0.2, 0.25) is 5.91 Å². The number of nitrogens with zero attached hydrogens (tertiary/aromatic N) is 1. The molecule has 1 aliphatic rings. The fraction of sp³-hybridized carbons (Fsp3) is 0.900. The van der Waals surface area contributed by atoms with Gasteiger partial charge < -0.3 is 10.0 Å². The maximum atomic E-state index is 11.7. The van der Waals surface area contributed by atoms with Crippen LogP contribution in [0.2, 0.25) is 0 Å². The number of amides is 1. The highest BCUT2D eigenvalue weighted by Gasteiger charge is 2.32. The molecule has 2 unspecified atom stereocenters. The first-order valence-corrected chi connectivity index (χ1v) is 7.69. The van der Waals surface area contributed by atoms with Gasteiger partial charge in [-0.25, -0.2) is 0 Å². The molecule has 1 saturated heterocycles. The largest absolute Gasteiger partial charge is 0.394 e. The van der Waals surface area contributed by atoms with Crippen molar-refractivity contribution in [2.75, 3.05) is 30.5 Å². The molecule has 1 amide bonds. The van der Waals surface area contributed by atoms with E-state index in [0.29, 0.717) is 12.3 Å². The number of thioether (sulfide) groups is 1. The van der Waals surface area contributed by atoms with Crippen molar-refractivity contribution in [2.45, 2.75) is 18.9 Å². The van der Waals surface area contributed by atoms with E-state index in [1.54, 1.807) is 11.8 Å². The van der Waals surface area contributed by atoms with Crippen LogP contribution in [0.25, 0.3) is 0 Å². The number of aliphatic hydroxyl groups excluding tert-OH is 1. The van der Waals surface area contributed by atoms with E-state index in [4.69, 9.17) is 0 Å². The van der Waals surface area contributed by atoms with Gasteiger partial charge in [-0.1, -0.05) is 15.9 Å². The second-order valence-electron chi connectivity index (χ2n) is 3.89. The molecule has 0 radical (unpaired) electrons. The van der Waals surface area contributed by atoms with Crippen LogP contribution >= 0.6 is 27.7 Å². The van der Waals surface area contributed by atoms with E-state index in [0.717, 1.165) is 24.0 Å². The predicted molar refractivity (Wildman–Crippen MR) is 67.5 cm³/mol. The summed E-state index contributed by atoms with van der Waals surface area (Å²) >= 11 is 5.16. The predicted octanol–water partition coefficient (Wildman–Crippen LogP) is 1.34. The van der Waals surface area contributed by atoms with E-state index in [1.807, 2.05) is 11.2 Å². The van der Waals surface area contributed by atoms with E-state index >= 15 is 0 Å². The first kappa shape index (κ1) is 13.3. The fourth-order valence-corrected chi connectivity index (χ4v) is 2.81. The summed E-state index contributed by atoms with van der Waals surface area (Å²) in [5.74, 6) is 1.61. The third-order valence-corrected chi connectivity index (χ3v) is 4.32. The summed E-state index contributed by atoms with van der Waals surface area (Å²) in [6.07, 6.45) is 3.56. The topological polar surface area (TPSA) is 40.5 Å². The lowest BCUT2D eigenvalue weighted by atomic mass is 10.1. The summed E-state index contributed by atoms with van der Waals surface area (Å²) in [5, 5.41) is 10.1. The first-order valence-electron chi connectivity index (χ1n) is 5.18. The van der Waals surface area contributed by atoms with Crippen LogP contribution in [0.5, 0.6) is 0 Å². The molecular weight excluding hydrogens is 278 g/mol. The smallest absolute Gasteiger partial charge is 0.223 e. The molecule has 1 aliphatic heterocycles. The summed E-state index contributed by atoms with van der Waals surface area (Å²) in [6.45, 7) is 0.880. The van der Waals surface area contributed by atoms with Crippen molar-refractivity contribution in [3.05, 3.63) is 0 Å². The lowest BCUT2D eigenvalue weighted by molar-refractivity contribution is -0.130. The molecule has 0 aromatic heterocycles. The molecule has 0 aromatic rings. The monoisotopic (exact) mass is 295 g/mol. The maximum absolute atomic E-state index is 11.7. The fourth-order valence-electron chi connectivity index (χ4n) is 1.86. The molecule has 1 heterocycles. The van der Waals surface area contributed by atoms with Crippen molar-refractivity contribution < 1.29 is 9.90 Å². The zero-order valence-electron chi connectivity index (χ0n) is 8.99. The molecule has 1 rings (SSSR count). The number of likely N-dealkylation sites (tertiary alicyclic amines) is 1. The average molecular weight is 296 g/mol. The molecule has 1 fully saturated rings. The van der Waals surface area contributed by atoms with Crippen molar-refractivity contribution in [3.63, 3.8) is 0 Å². The number of hydrogen-bond acceptors (Lipinski definition) is 3. The molecule has 1 N–H and O–H groups in total. The quantitative estimate of drug-likeness (QED) is 0.752. The Hall–Kier alpha value is 0.260. The summed E-state index contributed by atoms with van der Waals surface area (Å²) in [6, 6.07) is 0.0222. The molecule has 88 valence electrons. The van der Waals surface area contributed by atoms with Gasteiger partial charge in [0, 0.05) is 18.3 Å². The molecule has 0 aromatic carbocycles. The second kappa shape index (κ2) is 6.76. The highest BCUT2D eigenvalue weighted by atomic mass is 79.9. The molecule has 2 atom stereocenters. The lowest BCUT2D eigenvalue weighted by Crippen LogP contribution is -2.39. The minimum absolute atomic E-state index is 0.0222. The van der Waals surface area contributed by atoms with Crippen LogP contribution in [0.3, 0.4) is 0 Å². The summed E-state index contributed by atoms with van der Waals surface area (Å²) in [7, 11) is 0. The highest BCUT2D eigenvalue weighted by Crippen LogP contribution is 2.23. The molecule has 0 bridgehead atoms. The Kier molecular flexibility index (Phi) is 6.00. The van der Waals surface area contributed by atoms with Gasteiger partial charge in [0.1, 0.15) is 0 Å². The van der Waals surface area contributed by atoms with Crippen LogP contribution in [-0.2, 0) is 4.79 Å². The van der Waals surface area contributed by atoms with Gasteiger partial charge in [0.15, 0.2) is 0 Å². The van der Waals surface area contributed by atoms with Gasteiger partial charge in [-0.15, -0.1) is 0 Å². The van der Waals surface area contributed by atoms with Crippen LogP contribution in [0, 0.1) is 5.92 Å². The van der Waals surface area contributed by atoms with Crippen molar-refractivity contribution in [1.29, 1.82) is 0 Å². The third-order valence-electron chi connectivity index (χ3n) is 2.76. The van der Waals surface area contributed by atoms with Crippen LogP contribution in [0.15, 0.2) is 0 Å². The maximum Gasteiger partial charge on any atom is 0.223 e. The molecule has 0 aliphatic carbocycles. The van der Waals surface area contributed by atoms with Crippen molar-refractivity contribution >= 4 is 33.6 Å². The molecular formula is C10H18BrNO2S. The van der Waals surface area contributed by atoms with Gasteiger partial charge in [-0.3, -0.25) is 4.79 Å². The van der Waals surface area contributed by atoms with Gasteiger partial charge in [-0.2, -0.15) is 11.8 Å². The highest BCUT2D eigenvalue weighted by molar-refractivity contribution is 9.09. The summed E-state index contributed by atoms with van der Waals surface area (Å²) < 4.78 is 0.